The lowest BCUT2D eigenvalue weighted by Gasteiger charge is -2.07. The summed E-state index contributed by atoms with van der Waals surface area (Å²) in [6.07, 6.45) is 0.991. The van der Waals surface area contributed by atoms with Crippen LogP contribution in [0.25, 0.3) is 22.6 Å². The smallest absolute Gasteiger partial charge is 0.227 e. The van der Waals surface area contributed by atoms with E-state index in [1.165, 1.54) is 11.1 Å². The van der Waals surface area contributed by atoms with Crippen LogP contribution < -0.4 is 4.74 Å². The minimum Gasteiger partial charge on any atom is -0.489 e. The summed E-state index contributed by atoms with van der Waals surface area (Å²) < 4.78 is 11.7. The monoisotopic (exact) mass is 343 g/mol. The third-order valence-corrected chi connectivity index (χ3v) is 4.49. The fourth-order valence-corrected chi connectivity index (χ4v) is 2.86. The molecular weight excluding hydrogens is 322 g/mol. The molecule has 0 unspecified atom stereocenters. The average Bonchev–Trinajstić information content (AvgIpc) is 3.11. The van der Waals surface area contributed by atoms with Gasteiger partial charge in [-0.1, -0.05) is 42.8 Å². The van der Waals surface area contributed by atoms with Gasteiger partial charge in [0, 0.05) is 5.56 Å². The van der Waals surface area contributed by atoms with E-state index in [1.54, 1.807) is 0 Å². The zero-order chi connectivity index (χ0) is 17.9. The van der Waals surface area contributed by atoms with Crippen molar-refractivity contribution in [1.82, 2.24) is 4.98 Å². The van der Waals surface area contributed by atoms with Gasteiger partial charge in [-0.2, -0.15) is 0 Å². The van der Waals surface area contributed by atoms with Crippen LogP contribution in [0.15, 0.2) is 71.1 Å². The number of rotatable bonds is 5. The Morgan fingerprint density at radius 2 is 1.62 bits per heavy atom. The maximum atomic E-state index is 5.88. The van der Waals surface area contributed by atoms with Gasteiger partial charge in [0.2, 0.25) is 5.89 Å². The van der Waals surface area contributed by atoms with Crippen molar-refractivity contribution in [2.45, 2.75) is 26.9 Å². The summed E-state index contributed by atoms with van der Waals surface area (Å²) in [5.41, 5.74) is 6.34. The van der Waals surface area contributed by atoms with E-state index in [2.05, 4.69) is 55.2 Å². The number of aryl methyl sites for hydroxylation is 2. The first-order valence-electron chi connectivity index (χ1n) is 8.89. The minimum atomic E-state index is 0.558. The molecule has 0 fully saturated rings. The first-order chi connectivity index (χ1) is 12.7. The molecule has 3 heteroatoms. The van der Waals surface area contributed by atoms with Crippen LogP contribution in [-0.2, 0) is 13.0 Å². The van der Waals surface area contributed by atoms with E-state index < -0.39 is 0 Å². The van der Waals surface area contributed by atoms with E-state index in [0.29, 0.717) is 12.5 Å². The van der Waals surface area contributed by atoms with Crippen LogP contribution in [0.3, 0.4) is 0 Å². The van der Waals surface area contributed by atoms with Crippen LogP contribution in [0.2, 0.25) is 0 Å². The standard InChI is InChI=1S/C23H21NO2/c1-3-17-8-13-22-21(14-17)24-23(26-22)19-9-11-20(12-10-19)25-15-18-6-4-16(2)5-7-18/h4-14H,3,15H2,1-2H3. The summed E-state index contributed by atoms with van der Waals surface area (Å²) in [7, 11) is 0. The van der Waals surface area contributed by atoms with Gasteiger partial charge in [0.05, 0.1) is 0 Å². The van der Waals surface area contributed by atoms with E-state index in [4.69, 9.17) is 9.15 Å². The first-order valence-corrected chi connectivity index (χ1v) is 8.89. The number of fused-ring (bicyclic) bond motifs is 1. The van der Waals surface area contributed by atoms with E-state index in [9.17, 15) is 0 Å². The molecule has 3 nitrogen and oxygen atoms in total. The van der Waals surface area contributed by atoms with Gasteiger partial charge in [-0.15, -0.1) is 0 Å². The summed E-state index contributed by atoms with van der Waals surface area (Å²) in [4.78, 5) is 4.62. The topological polar surface area (TPSA) is 35.3 Å². The largest absolute Gasteiger partial charge is 0.489 e. The highest BCUT2D eigenvalue weighted by Gasteiger charge is 2.09. The zero-order valence-corrected chi connectivity index (χ0v) is 15.0. The molecule has 4 rings (SSSR count). The number of ether oxygens (including phenoxy) is 1. The van der Waals surface area contributed by atoms with Crippen molar-refractivity contribution in [3.63, 3.8) is 0 Å². The van der Waals surface area contributed by atoms with Gasteiger partial charge in [0.15, 0.2) is 5.58 Å². The molecule has 0 bridgehead atoms. The summed E-state index contributed by atoms with van der Waals surface area (Å²) in [6, 6.07) is 22.4. The Labute approximate surface area is 153 Å². The van der Waals surface area contributed by atoms with Crippen LogP contribution in [0.5, 0.6) is 5.75 Å². The Bertz CT molecular complexity index is 1010. The molecular formula is C23H21NO2. The number of hydrogen-bond donors (Lipinski definition) is 0. The molecule has 0 radical (unpaired) electrons. The Kier molecular flexibility index (Phi) is 4.44. The summed E-state index contributed by atoms with van der Waals surface area (Å²) in [5.74, 6) is 1.47. The van der Waals surface area contributed by atoms with E-state index in [-0.39, 0.29) is 0 Å². The van der Waals surface area contributed by atoms with Crippen molar-refractivity contribution in [3.8, 4) is 17.2 Å². The van der Waals surface area contributed by atoms with Gasteiger partial charge >= 0.3 is 0 Å². The second-order valence-corrected chi connectivity index (χ2v) is 6.47. The number of benzene rings is 3. The van der Waals surface area contributed by atoms with Crippen molar-refractivity contribution in [2.24, 2.45) is 0 Å². The van der Waals surface area contributed by atoms with Crippen molar-refractivity contribution in [3.05, 3.63) is 83.4 Å². The Hall–Kier alpha value is -3.07. The zero-order valence-electron chi connectivity index (χ0n) is 15.0. The molecule has 0 aliphatic heterocycles. The molecule has 0 aliphatic rings. The second kappa shape index (κ2) is 7.04. The third-order valence-electron chi connectivity index (χ3n) is 4.49. The van der Waals surface area contributed by atoms with Gasteiger partial charge in [-0.05, 0) is 60.9 Å². The summed E-state index contributed by atoms with van der Waals surface area (Å²) >= 11 is 0. The van der Waals surface area contributed by atoms with Gasteiger partial charge in [-0.3, -0.25) is 0 Å². The minimum absolute atomic E-state index is 0.558. The number of nitrogens with zero attached hydrogens (tertiary/aromatic N) is 1. The molecule has 1 aromatic heterocycles. The Morgan fingerprint density at radius 1 is 0.885 bits per heavy atom. The van der Waals surface area contributed by atoms with Crippen molar-refractivity contribution in [2.75, 3.05) is 0 Å². The third kappa shape index (κ3) is 3.47. The highest BCUT2D eigenvalue weighted by Crippen LogP contribution is 2.27. The molecule has 0 saturated carbocycles. The Morgan fingerprint density at radius 3 is 2.35 bits per heavy atom. The van der Waals surface area contributed by atoms with E-state index >= 15 is 0 Å². The average molecular weight is 343 g/mol. The van der Waals surface area contributed by atoms with Crippen LogP contribution in [0.1, 0.15) is 23.6 Å². The lowest BCUT2D eigenvalue weighted by atomic mass is 10.1. The van der Waals surface area contributed by atoms with Crippen LogP contribution in [-0.4, -0.2) is 4.98 Å². The molecule has 0 aliphatic carbocycles. The first kappa shape index (κ1) is 16.4. The number of oxazole rings is 1. The second-order valence-electron chi connectivity index (χ2n) is 6.47. The SMILES string of the molecule is CCc1ccc2oc(-c3ccc(OCc4ccc(C)cc4)cc3)nc2c1. The molecule has 0 spiro atoms. The quantitative estimate of drug-likeness (QED) is 0.449. The fourth-order valence-electron chi connectivity index (χ4n) is 2.86. The molecule has 3 aromatic carbocycles. The highest BCUT2D eigenvalue weighted by molar-refractivity contribution is 5.77. The van der Waals surface area contributed by atoms with Crippen LogP contribution in [0, 0.1) is 6.92 Å². The van der Waals surface area contributed by atoms with Crippen LogP contribution in [0.4, 0.5) is 0 Å². The normalized spacial score (nSPS) is 11.0. The molecule has 0 N–H and O–H groups in total. The maximum absolute atomic E-state index is 5.88. The van der Waals surface area contributed by atoms with Gasteiger partial charge in [0.1, 0.15) is 17.9 Å². The fraction of sp³-hybridized carbons (Fsp3) is 0.174. The van der Waals surface area contributed by atoms with Crippen LogP contribution >= 0.6 is 0 Å². The van der Waals surface area contributed by atoms with Gasteiger partial charge < -0.3 is 9.15 Å². The maximum Gasteiger partial charge on any atom is 0.227 e. The van der Waals surface area contributed by atoms with E-state index in [1.807, 2.05) is 30.3 Å². The highest BCUT2D eigenvalue weighted by atomic mass is 16.5. The molecule has 1 heterocycles. The molecule has 0 atom stereocenters. The lowest BCUT2D eigenvalue weighted by molar-refractivity contribution is 0.306. The molecule has 4 aromatic rings. The summed E-state index contributed by atoms with van der Waals surface area (Å²) in [6.45, 7) is 4.78. The lowest BCUT2D eigenvalue weighted by Crippen LogP contribution is -1.95. The predicted molar refractivity (Wildman–Crippen MR) is 104 cm³/mol. The van der Waals surface area contributed by atoms with Crippen molar-refractivity contribution >= 4 is 11.1 Å². The predicted octanol–water partition coefficient (Wildman–Crippen LogP) is 5.94. The van der Waals surface area contributed by atoms with Gasteiger partial charge in [-0.25, -0.2) is 4.98 Å². The molecule has 130 valence electrons. The molecule has 0 saturated heterocycles. The number of aromatic nitrogens is 1. The summed E-state index contributed by atoms with van der Waals surface area (Å²) in [5, 5.41) is 0. The molecule has 0 amide bonds. The van der Waals surface area contributed by atoms with Crippen molar-refractivity contribution < 1.29 is 9.15 Å². The molecule has 26 heavy (non-hydrogen) atoms. The van der Waals surface area contributed by atoms with E-state index in [0.717, 1.165) is 34.4 Å². The number of hydrogen-bond acceptors (Lipinski definition) is 3. The van der Waals surface area contributed by atoms with Crippen molar-refractivity contribution in [1.29, 1.82) is 0 Å². The Balaban J connectivity index is 1.49. The van der Waals surface area contributed by atoms with Gasteiger partial charge in [0.25, 0.3) is 0 Å².